The van der Waals surface area contributed by atoms with Crippen LogP contribution in [0.25, 0.3) is 0 Å². The van der Waals surface area contributed by atoms with Crippen LogP contribution in [-0.2, 0) is 9.59 Å². The zero-order valence-corrected chi connectivity index (χ0v) is 13.7. The van der Waals surface area contributed by atoms with Crippen LogP contribution in [0.4, 0.5) is 0 Å². The van der Waals surface area contributed by atoms with E-state index in [0.717, 1.165) is 17.9 Å². The van der Waals surface area contributed by atoms with E-state index in [1.165, 1.54) is 6.21 Å². The molecule has 4 aliphatic rings. The second-order valence-corrected chi connectivity index (χ2v) is 7.08. The van der Waals surface area contributed by atoms with E-state index in [1.54, 1.807) is 18.2 Å². The van der Waals surface area contributed by atoms with Crippen LogP contribution in [-0.4, -0.2) is 23.0 Å². The van der Waals surface area contributed by atoms with E-state index in [0.29, 0.717) is 15.6 Å². The molecule has 2 bridgehead atoms. The van der Waals surface area contributed by atoms with Gasteiger partial charge in [-0.25, -0.2) is 0 Å². The summed E-state index contributed by atoms with van der Waals surface area (Å²) in [6.07, 6.45) is 7.57. The minimum atomic E-state index is -0.246. The summed E-state index contributed by atoms with van der Waals surface area (Å²) in [5, 5.41) is 6.10. The Kier molecular flexibility index (Phi) is 3.54. The van der Waals surface area contributed by atoms with Crippen molar-refractivity contribution in [2.75, 3.05) is 0 Å². The van der Waals surface area contributed by atoms with Gasteiger partial charge in [-0.1, -0.05) is 41.4 Å². The Morgan fingerprint density at radius 2 is 1.65 bits per heavy atom. The smallest absolute Gasteiger partial charge is 0.254 e. The average molecular weight is 349 g/mol. The molecule has 0 N–H and O–H groups in total. The Morgan fingerprint density at radius 3 is 2.17 bits per heavy atom. The molecule has 1 aromatic rings. The van der Waals surface area contributed by atoms with E-state index in [1.807, 2.05) is 0 Å². The van der Waals surface area contributed by atoms with Crippen molar-refractivity contribution in [3.63, 3.8) is 0 Å². The number of allylic oxidation sites excluding steroid dienone is 2. The molecule has 0 unspecified atom stereocenters. The monoisotopic (exact) mass is 348 g/mol. The Labute approximate surface area is 143 Å². The van der Waals surface area contributed by atoms with Crippen molar-refractivity contribution in [2.24, 2.45) is 28.8 Å². The van der Waals surface area contributed by atoms with Crippen molar-refractivity contribution < 1.29 is 9.59 Å². The lowest BCUT2D eigenvalue weighted by Crippen LogP contribution is -2.38. The summed E-state index contributed by atoms with van der Waals surface area (Å²) >= 11 is 11.9. The first-order valence-electron chi connectivity index (χ1n) is 7.61. The normalized spacial score (nSPS) is 32.2. The summed E-state index contributed by atoms with van der Waals surface area (Å²) in [6, 6.07) is 4.99. The van der Waals surface area contributed by atoms with Gasteiger partial charge in [0.1, 0.15) is 0 Å². The van der Waals surface area contributed by atoms with E-state index in [-0.39, 0.29) is 35.5 Å². The molecular formula is C17H14Cl2N2O2. The standard InChI is InChI=1S/C17H14Cl2N2O2/c18-12-6-5-11(13(19)7-12)8-20-21-16(22)14-9-1-2-10(4-3-9)15(14)17(21)23/h1-2,5-10,14-15H,3-4H2/b20-8-/t9-,10+,14-,15-/m0/s1. The van der Waals surface area contributed by atoms with Gasteiger partial charge in [0, 0.05) is 10.6 Å². The molecule has 1 heterocycles. The van der Waals surface area contributed by atoms with Crippen LogP contribution in [0.1, 0.15) is 18.4 Å². The van der Waals surface area contributed by atoms with Gasteiger partial charge in [0.15, 0.2) is 0 Å². The number of hydrogen-bond donors (Lipinski definition) is 0. The van der Waals surface area contributed by atoms with Crippen LogP contribution >= 0.6 is 23.2 Å². The van der Waals surface area contributed by atoms with Gasteiger partial charge in [-0.3, -0.25) is 9.59 Å². The molecule has 5 rings (SSSR count). The summed E-state index contributed by atoms with van der Waals surface area (Å²) in [5.74, 6) is -0.546. The van der Waals surface area contributed by atoms with E-state index in [2.05, 4.69) is 17.3 Å². The molecular weight excluding hydrogens is 335 g/mol. The minimum absolute atomic E-state index is 0.167. The maximum Gasteiger partial charge on any atom is 0.254 e. The van der Waals surface area contributed by atoms with Crippen molar-refractivity contribution in [3.05, 3.63) is 46.0 Å². The molecule has 23 heavy (non-hydrogen) atoms. The second kappa shape index (κ2) is 5.46. The van der Waals surface area contributed by atoms with Crippen molar-refractivity contribution >= 4 is 41.2 Å². The fraction of sp³-hybridized carbons (Fsp3) is 0.353. The number of carbonyl (C=O) groups excluding carboxylic acids is 2. The first-order valence-corrected chi connectivity index (χ1v) is 8.37. The van der Waals surface area contributed by atoms with Gasteiger partial charge in [-0.2, -0.15) is 10.1 Å². The second-order valence-electron chi connectivity index (χ2n) is 6.24. The van der Waals surface area contributed by atoms with Crippen molar-refractivity contribution in [1.29, 1.82) is 0 Å². The Bertz CT molecular complexity index is 727. The van der Waals surface area contributed by atoms with E-state index in [9.17, 15) is 9.59 Å². The minimum Gasteiger partial charge on any atom is -0.272 e. The maximum absolute atomic E-state index is 12.6. The highest BCUT2D eigenvalue weighted by molar-refractivity contribution is 6.36. The third-order valence-corrected chi connectivity index (χ3v) is 5.57. The first-order chi connectivity index (χ1) is 11.1. The molecule has 0 spiro atoms. The van der Waals surface area contributed by atoms with Gasteiger partial charge in [0.2, 0.25) is 0 Å². The number of hydrazone groups is 1. The zero-order valence-electron chi connectivity index (χ0n) is 12.2. The predicted octanol–water partition coefficient (Wildman–Crippen LogP) is 3.52. The Balaban J connectivity index is 1.62. The third-order valence-electron chi connectivity index (χ3n) is 5.01. The predicted molar refractivity (Wildman–Crippen MR) is 88.2 cm³/mol. The summed E-state index contributed by atoms with van der Waals surface area (Å²) in [4.78, 5) is 25.2. The Morgan fingerprint density at radius 1 is 1.04 bits per heavy atom. The van der Waals surface area contributed by atoms with Crippen LogP contribution in [0, 0.1) is 23.7 Å². The maximum atomic E-state index is 12.6. The lowest BCUT2D eigenvalue weighted by Gasteiger charge is -2.37. The SMILES string of the molecule is O=C1[C@@H]2[C@@H](C(=O)N1/N=C\c1ccc(Cl)cc1Cl)[C@H]1C=C[C@@H]2CC1. The highest BCUT2D eigenvalue weighted by atomic mass is 35.5. The molecule has 1 saturated heterocycles. The number of amides is 2. The molecule has 6 heteroatoms. The number of benzene rings is 1. The van der Waals surface area contributed by atoms with Crippen LogP contribution in [0.3, 0.4) is 0 Å². The number of imide groups is 1. The lowest BCUT2D eigenvalue weighted by molar-refractivity contribution is -0.140. The zero-order chi connectivity index (χ0) is 16.1. The van der Waals surface area contributed by atoms with Crippen molar-refractivity contribution in [2.45, 2.75) is 12.8 Å². The van der Waals surface area contributed by atoms with Gasteiger partial charge in [0.05, 0.1) is 23.1 Å². The molecule has 4 atom stereocenters. The third kappa shape index (κ3) is 2.32. The van der Waals surface area contributed by atoms with Gasteiger partial charge < -0.3 is 0 Å². The molecule has 118 valence electrons. The highest BCUT2D eigenvalue weighted by Crippen LogP contribution is 2.49. The van der Waals surface area contributed by atoms with E-state index >= 15 is 0 Å². The summed E-state index contributed by atoms with van der Waals surface area (Å²) in [5.41, 5.74) is 0.618. The van der Waals surface area contributed by atoms with Crippen LogP contribution < -0.4 is 0 Å². The quantitative estimate of drug-likeness (QED) is 0.466. The van der Waals surface area contributed by atoms with Crippen molar-refractivity contribution in [1.82, 2.24) is 5.01 Å². The number of nitrogens with zero attached hydrogens (tertiary/aromatic N) is 2. The largest absolute Gasteiger partial charge is 0.272 e. The van der Waals surface area contributed by atoms with Gasteiger partial charge in [-0.15, -0.1) is 0 Å². The first kappa shape index (κ1) is 14.9. The number of carbonyl (C=O) groups is 2. The number of halogens is 2. The Hall–Kier alpha value is -1.65. The van der Waals surface area contributed by atoms with Crippen LogP contribution in [0.5, 0.6) is 0 Å². The summed E-state index contributed by atoms with van der Waals surface area (Å²) < 4.78 is 0. The van der Waals surface area contributed by atoms with E-state index < -0.39 is 0 Å². The number of fused-ring (bicyclic) bond motifs is 1. The molecule has 3 aliphatic carbocycles. The van der Waals surface area contributed by atoms with Crippen LogP contribution in [0.15, 0.2) is 35.5 Å². The van der Waals surface area contributed by atoms with Gasteiger partial charge in [0.25, 0.3) is 11.8 Å². The molecule has 2 amide bonds. The van der Waals surface area contributed by atoms with Gasteiger partial charge >= 0.3 is 0 Å². The van der Waals surface area contributed by atoms with E-state index in [4.69, 9.17) is 23.2 Å². The summed E-state index contributed by atoms with van der Waals surface area (Å²) in [6.45, 7) is 0. The van der Waals surface area contributed by atoms with Crippen molar-refractivity contribution in [3.8, 4) is 0 Å². The average Bonchev–Trinajstić information content (AvgIpc) is 2.82. The highest BCUT2D eigenvalue weighted by Gasteiger charge is 2.56. The lowest BCUT2D eigenvalue weighted by atomic mass is 9.63. The molecule has 0 radical (unpaired) electrons. The molecule has 4 nitrogen and oxygen atoms in total. The molecule has 1 saturated carbocycles. The topological polar surface area (TPSA) is 49.7 Å². The molecule has 1 aromatic carbocycles. The fourth-order valence-corrected chi connectivity index (χ4v) is 4.36. The molecule has 0 aromatic heterocycles. The molecule has 2 fully saturated rings. The fourth-order valence-electron chi connectivity index (χ4n) is 3.90. The number of hydrogen-bond acceptors (Lipinski definition) is 3. The molecule has 1 aliphatic heterocycles. The number of rotatable bonds is 2. The van der Waals surface area contributed by atoms with Gasteiger partial charge in [-0.05, 0) is 36.8 Å². The van der Waals surface area contributed by atoms with Crippen LogP contribution in [0.2, 0.25) is 10.0 Å². The summed E-state index contributed by atoms with van der Waals surface area (Å²) in [7, 11) is 0.